The van der Waals surface area contributed by atoms with Crippen LogP contribution < -0.4 is 4.90 Å². The van der Waals surface area contributed by atoms with Gasteiger partial charge in [0.1, 0.15) is 0 Å². The molecule has 2 heterocycles. The number of amides is 2. The highest BCUT2D eigenvalue weighted by Gasteiger charge is 2.33. The van der Waals surface area contributed by atoms with Crippen LogP contribution in [0.2, 0.25) is 5.02 Å². The van der Waals surface area contributed by atoms with E-state index in [1.807, 2.05) is 23.1 Å². The lowest BCUT2D eigenvalue weighted by Crippen LogP contribution is -2.53. The van der Waals surface area contributed by atoms with Crippen LogP contribution in [0.1, 0.15) is 23.2 Å². The summed E-state index contributed by atoms with van der Waals surface area (Å²) < 4.78 is 0. The molecule has 0 aliphatic carbocycles. The number of piperazine rings is 1. The summed E-state index contributed by atoms with van der Waals surface area (Å²) in [7, 11) is 0. The molecule has 5 nitrogen and oxygen atoms in total. The quantitative estimate of drug-likeness (QED) is 0.775. The molecule has 152 valence electrons. The standard InChI is InChI=1S/C23H26ClN3O2/c24-20-8-4-6-18(16-20)22(28)27-11-5-7-19(17-27)23(29)26-14-12-25(13-15-26)21-9-2-1-3-10-21/h1-4,6,8-10,16,19H,5,7,11-15,17H2. The van der Waals surface area contributed by atoms with E-state index in [1.165, 1.54) is 5.69 Å². The topological polar surface area (TPSA) is 43.9 Å². The largest absolute Gasteiger partial charge is 0.368 e. The molecule has 0 radical (unpaired) electrons. The van der Waals surface area contributed by atoms with E-state index < -0.39 is 0 Å². The minimum absolute atomic E-state index is 0.0427. The number of benzene rings is 2. The number of para-hydroxylation sites is 1. The third kappa shape index (κ3) is 4.56. The minimum atomic E-state index is -0.116. The molecule has 2 aromatic carbocycles. The first-order chi connectivity index (χ1) is 14.1. The Labute approximate surface area is 176 Å². The van der Waals surface area contributed by atoms with Crippen LogP contribution >= 0.6 is 11.6 Å². The molecule has 2 amide bonds. The first kappa shape index (κ1) is 19.8. The second-order valence-corrected chi connectivity index (χ2v) is 8.18. The van der Waals surface area contributed by atoms with Crippen LogP contribution in [0.4, 0.5) is 5.69 Å². The highest BCUT2D eigenvalue weighted by Crippen LogP contribution is 2.23. The molecule has 2 aliphatic heterocycles. The molecule has 4 rings (SSSR count). The fourth-order valence-electron chi connectivity index (χ4n) is 4.25. The molecule has 1 unspecified atom stereocenters. The smallest absolute Gasteiger partial charge is 0.253 e. The molecule has 1 atom stereocenters. The fraction of sp³-hybridized carbons (Fsp3) is 0.391. The summed E-state index contributed by atoms with van der Waals surface area (Å²) in [5.74, 6) is 0.0235. The molecular weight excluding hydrogens is 386 g/mol. The Hall–Kier alpha value is -2.53. The van der Waals surface area contributed by atoms with Crippen LogP contribution in [-0.2, 0) is 4.79 Å². The van der Waals surface area contributed by atoms with Crippen LogP contribution in [0.25, 0.3) is 0 Å². The fourth-order valence-corrected chi connectivity index (χ4v) is 4.44. The second-order valence-electron chi connectivity index (χ2n) is 7.75. The van der Waals surface area contributed by atoms with Gasteiger partial charge in [-0.25, -0.2) is 0 Å². The highest BCUT2D eigenvalue weighted by molar-refractivity contribution is 6.30. The van der Waals surface area contributed by atoms with Crippen molar-refractivity contribution < 1.29 is 9.59 Å². The van der Waals surface area contributed by atoms with Crippen LogP contribution in [-0.4, -0.2) is 60.9 Å². The lowest BCUT2D eigenvalue weighted by Gasteiger charge is -2.39. The number of halogens is 1. The number of rotatable bonds is 3. The molecule has 2 saturated heterocycles. The highest BCUT2D eigenvalue weighted by atomic mass is 35.5. The summed E-state index contributed by atoms with van der Waals surface area (Å²) in [6.45, 7) is 4.32. The van der Waals surface area contributed by atoms with Crippen molar-refractivity contribution >= 4 is 29.1 Å². The van der Waals surface area contributed by atoms with Gasteiger partial charge in [-0.05, 0) is 43.2 Å². The molecule has 29 heavy (non-hydrogen) atoms. The zero-order valence-corrected chi connectivity index (χ0v) is 17.2. The third-order valence-corrected chi connectivity index (χ3v) is 6.08. The van der Waals surface area contributed by atoms with Crippen molar-refractivity contribution in [3.63, 3.8) is 0 Å². The van der Waals surface area contributed by atoms with Crippen molar-refractivity contribution in [2.24, 2.45) is 5.92 Å². The number of hydrogen-bond donors (Lipinski definition) is 0. The maximum atomic E-state index is 13.1. The van der Waals surface area contributed by atoms with Gasteiger partial charge in [0, 0.05) is 55.5 Å². The molecule has 0 bridgehead atoms. The summed E-state index contributed by atoms with van der Waals surface area (Å²) in [6, 6.07) is 17.3. The molecule has 0 aromatic heterocycles. The van der Waals surface area contributed by atoms with Gasteiger partial charge in [-0.1, -0.05) is 35.9 Å². The molecule has 0 saturated carbocycles. The van der Waals surface area contributed by atoms with Crippen molar-refractivity contribution in [2.45, 2.75) is 12.8 Å². The van der Waals surface area contributed by atoms with Crippen molar-refractivity contribution in [2.75, 3.05) is 44.2 Å². The number of hydrogen-bond acceptors (Lipinski definition) is 3. The van der Waals surface area contributed by atoms with Gasteiger partial charge in [0.15, 0.2) is 0 Å². The molecule has 0 spiro atoms. The Bertz CT molecular complexity index is 865. The zero-order chi connectivity index (χ0) is 20.2. The number of carbonyl (C=O) groups is 2. The predicted molar refractivity (Wildman–Crippen MR) is 115 cm³/mol. The van der Waals surface area contributed by atoms with Crippen LogP contribution in [0.15, 0.2) is 54.6 Å². The van der Waals surface area contributed by atoms with E-state index in [1.54, 1.807) is 29.2 Å². The van der Waals surface area contributed by atoms with Gasteiger partial charge in [-0.2, -0.15) is 0 Å². The second kappa shape index (κ2) is 8.87. The van der Waals surface area contributed by atoms with Crippen LogP contribution in [0.3, 0.4) is 0 Å². The molecular formula is C23H26ClN3O2. The SMILES string of the molecule is O=C(c1cccc(Cl)c1)N1CCCC(C(=O)N2CCN(c3ccccc3)CC2)C1. The maximum absolute atomic E-state index is 13.1. The average Bonchev–Trinajstić information content (AvgIpc) is 2.79. The molecule has 2 fully saturated rings. The Morgan fingerprint density at radius 2 is 1.62 bits per heavy atom. The van der Waals surface area contributed by atoms with E-state index in [4.69, 9.17) is 11.6 Å². The molecule has 6 heteroatoms. The number of anilines is 1. The summed E-state index contributed by atoms with van der Waals surface area (Å²) >= 11 is 6.03. The monoisotopic (exact) mass is 411 g/mol. The molecule has 2 aromatic rings. The molecule has 0 N–H and O–H groups in total. The predicted octanol–water partition coefficient (Wildman–Crippen LogP) is 3.54. The Morgan fingerprint density at radius 3 is 2.34 bits per heavy atom. The maximum Gasteiger partial charge on any atom is 0.253 e. The Morgan fingerprint density at radius 1 is 0.862 bits per heavy atom. The Kier molecular flexibility index (Phi) is 6.05. The van der Waals surface area contributed by atoms with Crippen molar-refractivity contribution in [1.29, 1.82) is 0 Å². The lowest BCUT2D eigenvalue weighted by molar-refractivity contribution is -0.137. The lowest BCUT2D eigenvalue weighted by atomic mass is 9.95. The van der Waals surface area contributed by atoms with Gasteiger partial charge in [-0.3, -0.25) is 9.59 Å². The van der Waals surface area contributed by atoms with Gasteiger partial charge >= 0.3 is 0 Å². The Balaban J connectivity index is 1.35. The van der Waals surface area contributed by atoms with Crippen molar-refractivity contribution in [1.82, 2.24) is 9.80 Å². The van der Waals surface area contributed by atoms with E-state index in [0.29, 0.717) is 23.7 Å². The van der Waals surface area contributed by atoms with E-state index in [0.717, 1.165) is 39.0 Å². The summed E-state index contributed by atoms with van der Waals surface area (Å²) in [5, 5.41) is 0.553. The van der Waals surface area contributed by atoms with E-state index in [2.05, 4.69) is 17.0 Å². The number of nitrogens with zero attached hydrogens (tertiary/aromatic N) is 3. The van der Waals surface area contributed by atoms with Crippen molar-refractivity contribution in [3.05, 3.63) is 65.2 Å². The van der Waals surface area contributed by atoms with Gasteiger partial charge in [0.25, 0.3) is 5.91 Å². The van der Waals surface area contributed by atoms with E-state index in [9.17, 15) is 9.59 Å². The number of likely N-dealkylation sites (tertiary alicyclic amines) is 1. The number of piperidine rings is 1. The summed E-state index contributed by atoms with van der Waals surface area (Å²) in [6.07, 6.45) is 1.70. The molecule has 2 aliphatic rings. The van der Waals surface area contributed by atoms with Gasteiger partial charge in [0.05, 0.1) is 5.92 Å². The van der Waals surface area contributed by atoms with Gasteiger partial charge in [0.2, 0.25) is 5.91 Å². The van der Waals surface area contributed by atoms with Gasteiger partial charge in [-0.15, -0.1) is 0 Å². The van der Waals surface area contributed by atoms with Crippen LogP contribution in [0.5, 0.6) is 0 Å². The zero-order valence-electron chi connectivity index (χ0n) is 16.5. The van der Waals surface area contributed by atoms with Gasteiger partial charge < -0.3 is 14.7 Å². The average molecular weight is 412 g/mol. The third-order valence-electron chi connectivity index (χ3n) is 5.84. The van der Waals surface area contributed by atoms with Crippen molar-refractivity contribution in [3.8, 4) is 0 Å². The minimum Gasteiger partial charge on any atom is -0.368 e. The van der Waals surface area contributed by atoms with Crippen LogP contribution in [0, 0.1) is 5.92 Å². The number of carbonyl (C=O) groups excluding carboxylic acids is 2. The van der Waals surface area contributed by atoms with E-state index >= 15 is 0 Å². The first-order valence-corrected chi connectivity index (χ1v) is 10.6. The first-order valence-electron chi connectivity index (χ1n) is 10.3. The van der Waals surface area contributed by atoms with E-state index in [-0.39, 0.29) is 17.7 Å². The normalized spacial score (nSPS) is 19.9. The summed E-state index contributed by atoms with van der Waals surface area (Å²) in [5.41, 5.74) is 1.79. The summed E-state index contributed by atoms with van der Waals surface area (Å²) in [4.78, 5) is 32.0.